The van der Waals surface area contributed by atoms with Crippen LogP contribution in [0.25, 0.3) is 10.2 Å². The van der Waals surface area contributed by atoms with Gasteiger partial charge in [-0.3, -0.25) is 14.4 Å². The Balaban J connectivity index is 1.46. The lowest BCUT2D eigenvalue weighted by Crippen LogP contribution is -2.40. The first-order valence-corrected chi connectivity index (χ1v) is 14.8. The minimum absolute atomic E-state index is 0.149. The van der Waals surface area contributed by atoms with Crippen LogP contribution in [-0.2, 0) is 21.3 Å². The first kappa shape index (κ1) is 26.8. The predicted molar refractivity (Wildman–Crippen MR) is 149 cm³/mol. The second-order valence-electron chi connectivity index (χ2n) is 9.16. The molecule has 1 amide bonds. The van der Waals surface area contributed by atoms with Crippen molar-refractivity contribution in [2.24, 2.45) is 0 Å². The van der Waals surface area contributed by atoms with Crippen LogP contribution in [0.15, 0.2) is 47.4 Å². The van der Waals surface area contributed by atoms with Crippen molar-refractivity contribution in [3.8, 4) is 0 Å². The molecule has 12 heteroatoms. The Labute approximate surface area is 230 Å². The first-order valence-electron chi connectivity index (χ1n) is 12.2. The maximum absolute atomic E-state index is 13.8. The molecule has 0 saturated carbocycles. The molecule has 0 aliphatic carbocycles. The summed E-state index contributed by atoms with van der Waals surface area (Å²) in [5.41, 5.74) is 3.89. The highest BCUT2D eigenvalue weighted by molar-refractivity contribution is 7.89. The molecule has 2 aromatic carbocycles. The number of benzene rings is 2. The standard InChI is InChI=1S/C26H28ClN5O4S2/c1-17-16-18(2)32(29-17)11-10-31(26-28-24-19(3)22(27)8-9-23(24)37-26)25(33)20-4-6-21(7-5-20)38(34,35)30-12-14-36-15-13-30/h4-9,16H,10-15H2,1-3H3. The van der Waals surface area contributed by atoms with Crippen LogP contribution in [0.3, 0.4) is 0 Å². The van der Waals surface area contributed by atoms with E-state index in [0.29, 0.717) is 55.1 Å². The van der Waals surface area contributed by atoms with Crippen LogP contribution in [-0.4, -0.2) is 66.2 Å². The van der Waals surface area contributed by atoms with Gasteiger partial charge in [0.25, 0.3) is 5.91 Å². The van der Waals surface area contributed by atoms with Gasteiger partial charge in [-0.05, 0) is 68.8 Å². The minimum Gasteiger partial charge on any atom is -0.379 e. The highest BCUT2D eigenvalue weighted by atomic mass is 35.5. The molecule has 1 aliphatic heterocycles. The minimum atomic E-state index is -3.66. The van der Waals surface area contributed by atoms with Gasteiger partial charge in [0.1, 0.15) is 0 Å². The number of hydrogen-bond donors (Lipinski definition) is 0. The number of hydrogen-bond acceptors (Lipinski definition) is 7. The molecule has 1 saturated heterocycles. The van der Waals surface area contributed by atoms with E-state index in [0.717, 1.165) is 27.2 Å². The normalized spacial score (nSPS) is 14.7. The molecule has 0 spiro atoms. The summed E-state index contributed by atoms with van der Waals surface area (Å²) in [6.45, 7) is 7.98. The summed E-state index contributed by atoms with van der Waals surface area (Å²) in [7, 11) is -3.66. The Morgan fingerprint density at radius 2 is 1.82 bits per heavy atom. The average Bonchev–Trinajstić information content (AvgIpc) is 3.49. The van der Waals surface area contributed by atoms with Crippen LogP contribution < -0.4 is 4.90 Å². The summed E-state index contributed by atoms with van der Waals surface area (Å²) in [4.78, 5) is 20.4. The van der Waals surface area contributed by atoms with Gasteiger partial charge in [-0.1, -0.05) is 22.9 Å². The third-order valence-electron chi connectivity index (χ3n) is 6.56. The Bertz CT molecular complexity index is 1590. The van der Waals surface area contributed by atoms with Crippen molar-refractivity contribution in [1.29, 1.82) is 0 Å². The Hall–Kier alpha value is -2.83. The van der Waals surface area contributed by atoms with Crippen molar-refractivity contribution in [2.45, 2.75) is 32.2 Å². The van der Waals surface area contributed by atoms with Gasteiger partial charge in [0.2, 0.25) is 10.0 Å². The number of carbonyl (C=O) groups is 1. The molecule has 3 heterocycles. The Kier molecular flexibility index (Phi) is 7.56. The number of thiazole rings is 1. The van der Waals surface area contributed by atoms with E-state index in [1.165, 1.54) is 27.8 Å². The molecule has 5 rings (SSSR count). The number of sulfonamides is 1. The maximum Gasteiger partial charge on any atom is 0.260 e. The third-order valence-corrected chi connectivity index (χ3v) is 9.93. The third kappa shape index (κ3) is 5.21. The van der Waals surface area contributed by atoms with Gasteiger partial charge in [-0.15, -0.1) is 0 Å². The van der Waals surface area contributed by atoms with Crippen LogP contribution in [0.4, 0.5) is 5.13 Å². The number of fused-ring (bicyclic) bond motifs is 1. The highest BCUT2D eigenvalue weighted by Gasteiger charge is 2.27. The van der Waals surface area contributed by atoms with Gasteiger partial charge in [0.15, 0.2) is 5.13 Å². The summed E-state index contributed by atoms with van der Waals surface area (Å²) >= 11 is 7.73. The number of ether oxygens (including phenoxy) is 1. The van der Waals surface area contributed by atoms with E-state index in [-0.39, 0.29) is 10.8 Å². The molecular formula is C26H28ClN5O4S2. The zero-order chi connectivity index (χ0) is 27.0. The fourth-order valence-electron chi connectivity index (χ4n) is 4.45. The molecule has 2 aromatic heterocycles. The Morgan fingerprint density at radius 1 is 1.11 bits per heavy atom. The van der Waals surface area contributed by atoms with Crippen LogP contribution >= 0.6 is 22.9 Å². The van der Waals surface area contributed by atoms with Gasteiger partial charge in [0.05, 0.1) is 40.6 Å². The van der Waals surface area contributed by atoms with Crippen molar-refractivity contribution in [3.63, 3.8) is 0 Å². The number of anilines is 1. The molecular weight excluding hydrogens is 546 g/mol. The molecule has 1 fully saturated rings. The largest absolute Gasteiger partial charge is 0.379 e. The van der Waals surface area contributed by atoms with Crippen molar-refractivity contribution >= 4 is 54.2 Å². The van der Waals surface area contributed by atoms with E-state index < -0.39 is 10.0 Å². The fraction of sp³-hybridized carbons (Fsp3) is 0.346. The molecule has 200 valence electrons. The van der Waals surface area contributed by atoms with E-state index in [1.807, 2.05) is 43.7 Å². The van der Waals surface area contributed by atoms with E-state index >= 15 is 0 Å². The average molecular weight is 574 g/mol. The summed E-state index contributed by atoms with van der Waals surface area (Å²) < 4.78 is 35.5. The first-order chi connectivity index (χ1) is 18.1. The fourth-order valence-corrected chi connectivity index (χ4v) is 7.06. The van der Waals surface area contributed by atoms with Crippen LogP contribution in [0, 0.1) is 20.8 Å². The number of rotatable bonds is 7. The molecule has 0 N–H and O–H groups in total. The van der Waals surface area contributed by atoms with Crippen molar-refractivity contribution < 1.29 is 17.9 Å². The van der Waals surface area contributed by atoms with Gasteiger partial charge < -0.3 is 4.74 Å². The van der Waals surface area contributed by atoms with Gasteiger partial charge in [-0.25, -0.2) is 13.4 Å². The van der Waals surface area contributed by atoms with Gasteiger partial charge >= 0.3 is 0 Å². The molecule has 38 heavy (non-hydrogen) atoms. The van der Waals surface area contributed by atoms with E-state index in [2.05, 4.69) is 5.10 Å². The molecule has 0 bridgehead atoms. The molecule has 4 aromatic rings. The van der Waals surface area contributed by atoms with Crippen molar-refractivity contribution in [1.82, 2.24) is 19.1 Å². The number of nitrogens with zero attached hydrogens (tertiary/aromatic N) is 5. The quantitative estimate of drug-likeness (QED) is 0.324. The topological polar surface area (TPSA) is 97.6 Å². The van der Waals surface area contributed by atoms with Crippen molar-refractivity contribution in [3.05, 3.63) is 70.0 Å². The lowest BCUT2D eigenvalue weighted by molar-refractivity contribution is 0.0730. The van der Waals surface area contributed by atoms with E-state index in [4.69, 9.17) is 21.3 Å². The van der Waals surface area contributed by atoms with Gasteiger partial charge in [0, 0.05) is 35.9 Å². The number of carbonyl (C=O) groups excluding carboxylic acids is 1. The number of aromatic nitrogens is 3. The zero-order valence-electron chi connectivity index (χ0n) is 21.3. The summed E-state index contributed by atoms with van der Waals surface area (Å²) in [6.07, 6.45) is 0. The molecule has 0 radical (unpaired) electrons. The van der Waals surface area contributed by atoms with Crippen LogP contribution in [0.5, 0.6) is 0 Å². The monoisotopic (exact) mass is 573 g/mol. The second-order valence-corrected chi connectivity index (χ2v) is 12.5. The zero-order valence-corrected chi connectivity index (χ0v) is 23.7. The summed E-state index contributed by atoms with van der Waals surface area (Å²) in [5, 5.41) is 5.68. The number of amides is 1. The van der Waals surface area contributed by atoms with E-state index in [9.17, 15) is 13.2 Å². The van der Waals surface area contributed by atoms with Crippen LogP contribution in [0.1, 0.15) is 27.3 Å². The number of halogens is 1. The molecule has 0 unspecified atom stereocenters. The lowest BCUT2D eigenvalue weighted by atomic mass is 10.2. The predicted octanol–water partition coefficient (Wildman–Crippen LogP) is 4.44. The molecule has 0 atom stereocenters. The summed E-state index contributed by atoms with van der Waals surface area (Å²) in [6, 6.07) is 11.8. The molecule has 9 nitrogen and oxygen atoms in total. The van der Waals surface area contributed by atoms with Gasteiger partial charge in [-0.2, -0.15) is 9.40 Å². The number of aryl methyl sites for hydroxylation is 3. The summed E-state index contributed by atoms with van der Waals surface area (Å²) in [5.74, 6) is -0.273. The lowest BCUT2D eigenvalue weighted by Gasteiger charge is -2.26. The van der Waals surface area contributed by atoms with Crippen molar-refractivity contribution in [2.75, 3.05) is 37.7 Å². The Morgan fingerprint density at radius 3 is 2.47 bits per heavy atom. The second kappa shape index (κ2) is 10.7. The highest BCUT2D eigenvalue weighted by Crippen LogP contribution is 2.34. The molecule has 1 aliphatic rings. The SMILES string of the molecule is Cc1cc(C)n(CCN(C(=O)c2ccc(S(=O)(=O)N3CCOCC3)cc2)c2nc3c(C)c(Cl)ccc3s2)n1. The number of morpholine rings is 1. The maximum atomic E-state index is 13.8. The smallest absolute Gasteiger partial charge is 0.260 e. The van der Waals surface area contributed by atoms with Crippen LogP contribution in [0.2, 0.25) is 5.02 Å². The van der Waals surface area contributed by atoms with E-state index in [1.54, 1.807) is 17.0 Å².